The van der Waals surface area contributed by atoms with Crippen LogP contribution in [0.4, 0.5) is 0 Å². The number of aliphatic hydroxyl groups is 1. The van der Waals surface area contributed by atoms with Gasteiger partial charge in [-0.1, -0.05) is 54.2 Å². The molecular formula is C15H23BrO2. The van der Waals surface area contributed by atoms with E-state index in [2.05, 4.69) is 22.9 Å². The van der Waals surface area contributed by atoms with Crippen molar-refractivity contribution >= 4 is 15.9 Å². The number of benzene rings is 1. The topological polar surface area (TPSA) is 29.5 Å². The molecule has 0 aromatic heterocycles. The van der Waals surface area contributed by atoms with Gasteiger partial charge in [-0.15, -0.1) is 0 Å². The van der Waals surface area contributed by atoms with Gasteiger partial charge in [0.25, 0.3) is 0 Å². The third kappa shape index (κ3) is 5.87. The van der Waals surface area contributed by atoms with Crippen molar-refractivity contribution in [3.63, 3.8) is 0 Å². The van der Waals surface area contributed by atoms with Crippen LogP contribution in [-0.4, -0.2) is 17.0 Å². The highest BCUT2D eigenvalue weighted by molar-refractivity contribution is 9.09. The van der Waals surface area contributed by atoms with E-state index in [-0.39, 0.29) is 6.10 Å². The molecule has 0 saturated heterocycles. The van der Waals surface area contributed by atoms with Crippen LogP contribution in [0.2, 0.25) is 0 Å². The van der Waals surface area contributed by atoms with Gasteiger partial charge in [-0.25, -0.2) is 0 Å². The molecule has 0 aliphatic heterocycles. The fourth-order valence-electron chi connectivity index (χ4n) is 1.81. The van der Waals surface area contributed by atoms with Crippen molar-refractivity contribution in [3.8, 4) is 5.75 Å². The fraction of sp³-hybridized carbons (Fsp3) is 0.600. The maximum Gasteiger partial charge on any atom is 0.119 e. The molecule has 0 aliphatic rings. The molecule has 0 spiro atoms. The van der Waals surface area contributed by atoms with Gasteiger partial charge in [-0.3, -0.25) is 0 Å². The van der Waals surface area contributed by atoms with Crippen LogP contribution in [0.25, 0.3) is 0 Å². The maximum atomic E-state index is 10.1. The Morgan fingerprint density at radius 3 is 2.83 bits per heavy atom. The minimum atomic E-state index is -0.365. The zero-order valence-electron chi connectivity index (χ0n) is 11.1. The lowest BCUT2D eigenvalue weighted by atomic mass is 10.0. The maximum absolute atomic E-state index is 10.1. The Hall–Kier alpha value is -0.540. The van der Waals surface area contributed by atoms with Gasteiger partial charge in [0.2, 0.25) is 0 Å². The number of hydrogen-bond donors (Lipinski definition) is 1. The molecule has 0 fully saturated rings. The van der Waals surface area contributed by atoms with Crippen molar-refractivity contribution in [2.75, 3.05) is 11.9 Å². The second kappa shape index (κ2) is 9.40. The Morgan fingerprint density at radius 2 is 2.11 bits per heavy atom. The molecule has 1 atom stereocenters. The van der Waals surface area contributed by atoms with E-state index in [0.717, 1.165) is 35.9 Å². The zero-order valence-corrected chi connectivity index (χ0v) is 12.7. The lowest BCUT2D eigenvalue weighted by molar-refractivity contribution is 0.163. The summed E-state index contributed by atoms with van der Waals surface area (Å²) >= 11 is 3.38. The molecule has 0 bridgehead atoms. The first-order valence-electron chi connectivity index (χ1n) is 6.74. The molecule has 0 heterocycles. The number of alkyl halides is 1. The summed E-state index contributed by atoms with van der Waals surface area (Å²) in [5.41, 5.74) is 0.961. The first kappa shape index (κ1) is 15.5. The smallest absolute Gasteiger partial charge is 0.119 e. The van der Waals surface area contributed by atoms with E-state index in [4.69, 9.17) is 4.74 Å². The van der Waals surface area contributed by atoms with Crippen molar-refractivity contribution in [3.05, 3.63) is 29.8 Å². The molecule has 1 rings (SSSR count). The van der Waals surface area contributed by atoms with E-state index < -0.39 is 0 Å². The number of rotatable bonds is 9. The molecule has 1 aromatic carbocycles. The van der Waals surface area contributed by atoms with Crippen molar-refractivity contribution in [2.24, 2.45) is 0 Å². The first-order chi connectivity index (χ1) is 8.77. The van der Waals surface area contributed by atoms with Gasteiger partial charge in [0.1, 0.15) is 5.75 Å². The van der Waals surface area contributed by atoms with Gasteiger partial charge < -0.3 is 9.84 Å². The second-order valence-electron chi connectivity index (χ2n) is 4.48. The first-order valence-corrected chi connectivity index (χ1v) is 7.87. The number of aliphatic hydroxyl groups excluding tert-OH is 1. The summed E-state index contributed by atoms with van der Waals surface area (Å²) < 4.78 is 5.62. The van der Waals surface area contributed by atoms with Crippen LogP contribution in [-0.2, 0) is 0 Å². The predicted octanol–water partition coefficient (Wildman–Crippen LogP) is 4.46. The Labute approximate surface area is 118 Å². The molecule has 1 N–H and O–H groups in total. The minimum absolute atomic E-state index is 0.365. The molecule has 1 aromatic rings. The van der Waals surface area contributed by atoms with Gasteiger partial charge in [-0.2, -0.15) is 0 Å². The molecule has 3 heteroatoms. The lowest BCUT2D eigenvalue weighted by Gasteiger charge is -2.12. The number of hydrogen-bond acceptors (Lipinski definition) is 2. The normalized spacial score (nSPS) is 12.4. The third-order valence-corrected chi connectivity index (χ3v) is 3.43. The number of ether oxygens (including phenoxy) is 1. The molecular weight excluding hydrogens is 292 g/mol. The fourth-order valence-corrected chi connectivity index (χ4v) is 2.04. The molecule has 0 saturated carbocycles. The molecule has 0 radical (unpaired) electrons. The van der Waals surface area contributed by atoms with Gasteiger partial charge in [0, 0.05) is 5.33 Å². The third-order valence-electron chi connectivity index (χ3n) is 2.87. The van der Waals surface area contributed by atoms with Crippen LogP contribution in [0.1, 0.15) is 50.7 Å². The van der Waals surface area contributed by atoms with E-state index in [0.29, 0.717) is 6.61 Å². The van der Waals surface area contributed by atoms with Crippen LogP contribution in [0.15, 0.2) is 24.3 Å². The van der Waals surface area contributed by atoms with E-state index in [1.54, 1.807) is 0 Å². The van der Waals surface area contributed by atoms with Gasteiger partial charge >= 0.3 is 0 Å². The summed E-state index contributed by atoms with van der Waals surface area (Å²) in [6, 6.07) is 7.80. The average molecular weight is 315 g/mol. The van der Waals surface area contributed by atoms with Gasteiger partial charge in [0.05, 0.1) is 12.7 Å². The van der Waals surface area contributed by atoms with Crippen LogP contribution < -0.4 is 4.74 Å². The SMILES string of the molecule is CCCCCC(O)c1cccc(OCCCBr)c1. The summed E-state index contributed by atoms with van der Waals surface area (Å²) in [7, 11) is 0. The Morgan fingerprint density at radius 1 is 1.28 bits per heavy atom. The Bertz CT molecular complexity index is 328. The highest BCUT2D eigenvalue weighted by atomic mass is 79.9. The van der Waals surface area contributed by atoms with Crippen molar-refractivity contribution in [2.45, 2.75) is 45.1 Å². The highest BCUT2D eigenvalue weighted by Gasteiger charge is 2.07. The molecule has 0 amide bonds. The molecule has 2 nitrogen and oxygen atoms in total. The highest BCUT2D eigenvalue weighted by Crippen LogP contribution is 2.23. The Balaban J connectivity index is 2.47. The quantitative estimate of drug-likeness (QED) is 0.538. The van der Waals surface area contributed by atoms with Crippen molar-refractivity contribution in [1.29, 1.82) is 0 Å². The predicted molar refractivity (Wildman–Crippen MR) is 79.4 cm³/mol. The largest absolute Gasteiger partial charge is 0.494 e. The second-order valence-corrected chi connectivity index (χ2v) is 5.27. The number of halogens is 1. The van der Waals surface area contributed by atoms with Crippen LogP contribution in [0.3, 0.4) is 0 Å². The number of unbranched alkanes of at least 4 members (excludes halogenated alkanes) is 2. The molecule has 18 heavy (non-hydrogen) atoms. The Kier molecular flexibility index (Phi) is 8.10. The monoisotopic (exact) mass is 314 g/mol. The van der Waals surface area contributed by atoms with Crippen LogP contribution in [0, 0.1) is 0 Å². The summed E-state index contributed by atoms with van der Waals surface area (Å²) in [5.74, 6) is 0.850. The van der Waals surface area contributed by atoms with Crippen molar-refractivity contribution < 1.29 is 9.84 Å². The summed E-state index contributed by atoms with van der Waals surface area (Å²) in [5, 5.41) is 11.0. The van der Waals surface area contributed by atoms with E-state index in [1.807, 2.05) is 24.3 Å². The summed E-state index contributed by atoms with van der Waals surface area (Å²) in [6.45, 7) is 2.88. The van der Waals surface area contributed by atoms with Gasteiger partial charge in [0.15, 0.2) is 0 Å². The summed E-state index contributed by atoms with van der Waals surface area (Å²) in [4.78, 5) is 0. The van der Waals surface area contributed by atoms with Crippen LogP contribution in [0.5, 0.6) is 5.75 Å². The standard InChI is InChI=1S/C15H23BrO2/c1-2-3-4-9-15(17)13-7-5-8-14(12-13)18-11-6-10-16/h5,7-8,12,15,17H,2-4,6,9-11H2,1H3. The van der Waals surface area contributed by atoms with Gasteiger partial charge in [-0.05, 0) is 30.5 Å². The van der Waals surface area contributed by atoms with E-state index in [9.17, 15) is 5.11 Å². The average Bonchev–Trinajstić information content (AvgIpc) is 2.39. The van der Waals surface area contributed by atoms with E-state index >= 15 is 0 Å². The van der Waals surface area contributed by atoms with Crippen molar-refractivity contribution in [1.82, 2.24) is 0 Å². The minimum Gasteiger partial charge on any atom is -0.494 e. The van der Waals surface area contributed by atoms with E-state index in [1.165, 1.54) is 12.8 Å². The summed E-state index contributed by atoms with van der Waals surface area (Å²) in [6.07, 6.45) is 4.89. The van der Waals surface area contributed by atoms with Crippen LogP contribution >= 0.6 is 15.9 Å². The molecule has 102 valence electrons. The zero-order chi connectivity index (χ0) is 13.2. The molecule has 1 unspecified atom stereocenters. The lowest BCUT2D eigenvalue weighted by Crippen LogP contribution is -2.01. The molecule has 0 aliphatic carbocycles.